The Hall–Kier alpha value is 0.230. The molecule has 0 saturated heterocycles. The summed E-state index contributed by atoms with van der Waals surface area (Å²) in [5, 5.41) is 0.818. The first-order valence-electron chi connectivity index (χ1n) is 4.84. The van der Waals surface area contributed by atoms with Crippen molar-refractivity contribution in [3.63, 3.8) is 0 Å². The first-order chi connectivity index (χ1) is 6.49. The van der Waals surface area contributed by atoms with Crippen molar-refractivity contribution in [2.45, 2.75) is 32.4 Å². The minimum atomic E-state index is -4.01. The summed E-state index contributed by atoms with van der Waals surface area (Å²) in [6.45, 7) is 4.28. The molecule has 0 bridgehead atoms. The number of hydrogen-bond acceptors (Lipinski definition) is 1. The molecule has 1 nitrogen and oxygen atoms in total. The van der Waals surface area contributed by atoms with Gasteiger partial charge in [0.2, 0.25) is 0 Å². The van der Waals surface area contributed by atoms with Crippen LogP contribution in [0, 0.1) is 0 Å². The van der Waals surface area contributed by atoms with E-state index in [0.29, 0.717) is 6.54 Å². The van der Waals surface area contributed by atoms with Crippen molar-refractivity contribution in [3.05, 3.63) is 0 Å². The summed E-state index contributed by atoms with van der Waals surface area (Å²) in [6, 6.07) is 0. The lowest BCUT2D eigenvalue weighted by atomic mass is 10.2. The SMILES string of the molecule is CCCN(CCBr)CCCC(F)(F)F. The van der Waals surface area contributed by atoms with Crippen molar-refractivity contribution in [2.24, 2.45) is 0 Å². The Morgan fingerprint density at radius 1 is 1.14 bits per heavy atom. The molecule has 0 amide bonds. The van der Waals surface area contributed by atoms with Crippen LogP contribution in [0.4, 0.5) is 13.2 Å². The molecule has 0 aliphatic heterocycles. The zero-order chi connectivity index (χ0) is 11.0. The third-order valence-corrected chi connectivity index (χ3v) is 2.23. The van der Waals surface area contributed by atoms with E-state index in [4.69, 9.17) is 0 Å². The van der Waals surface area contributed by atoms with Gasteiger partial charge in [0.05, 0.1) is 0 Å². The molecule has 0 spiro atoms. The Kier molecular flexibility index (Phi) is 7.64. The van der Waals surface area contributed by atoms with Crippen molar-refractivity contribution in [1.29, 1.82) is 0 Å². The summed E-state index contributed by atoms with van der Waals surface area (Å²) < 4.78 is 35.5. The van der Waals surface area contributed by atoms with E-state index in [1.54, 1.807) is 0 Å². The largest absolute Gasteiger partial charge is 0.389 e. The van der Waals surface area contributed by atoms with Crippen LogP contribution in [0.25, 0.3) is 0 Å². The third-order valence-electron chi connectivity index (χ3n) is 1.88. The summed E-state index contributed by atoms with van der Waals surface area (Å²) in [4.78, 5) is 2.06. The summed E-state index contributed by atoms with van der Waals surface area (Å²) >= 11 is 3.29. The van der Waals surface area contributed by atoms with E-state index in [2.05, 4.69) is 20.8 Å². The highest BCUT2D eigenvalue weighted by Crippen LogP contribution is 2.21. The van der Waals surface area contributed by atoms with Gasteiger partial charge in [-0.15, -0.1) is 0 Å². The Balaban J connectivity index is 3.60. The van der Waals surface area contributed by atoms with E-state index in [0.717, 1.165) is 24.8 Å². The van der Waals surface area contributed by atoms with Gasteiger partial charge in [-0.2, -0.15) is 13.2 Å². The lowest BCUT2D eigenvalue weighted by Crippen LogP contribution is -2.28. The van der Waals surface area contributed by atoms with Gasteiger partial charge in [0.1, 0.15) is 0 Å². The first-order valence-corrected chi connectivity index (χ1v) is 5.97. The standard InChI is InChI=1S/C9H17BrF3N/c1-2-6-14(8-5-10)7-3-4-9(11,12)13/h2-8H2,1H3. The van der Waals surface area contributed by atoms with E-state index in [1.807, 2.05) is 6.92 Å². The molecule has 0 fully saturated rings. The fourth-order valence-corrected chi connectivity index (χ4v) is 1.78. The molecular weight excluding hydrogens is 259 g/mol. The Labute approximate surface area is 91.8 Å². The molecule has 0 heterocycles. The predicted octanol–water partition coefficient (Wildman–Crippen LogP) is 3.44. The summed E-state index contributed by atoms with van der Waals surface area (Å²) in [5.74, 6) is 0. The summed E-state index contributed by atoms with van der Waals surface area (Å²) in [5.41, 5.74) is 0. The van der Waals surface area contributed by atoms with Crippen molar-refractivity contribution in [3.8, 4) is 0 Å². The normalized spacial score (nSPS) is 12.4. The molecule has 5 heteroatoms. The number of alkyl halides is 4. The van der Waals surface area contributed by atoms with E-state index < -0.39 is 12.6 Å². The van der Waals surface area contributed by atoms with Gasteiger partial charge in [-0.05, 0) is 25.9 Å². The fraction of sp³-hybridized carbons (Fsp3) is 1.00. The van der Waals surface area contributed by atoms with Crippen LogP contribution in [0.5, 0.6) is 0 Å². The maximum absolute atomic E-state index is 11.8. The second kappa shape index (κ2) is 7.51. The van der Waals surface area contributed by atoms with Gasteiger partial charge in [0.15, 0.2) is 0 Å². The van der Waals surface area contributed by atoms with Gasteiger partial charge in [0, 0.05) is 18.3 Å². The van der Waals surface area contributed by atoms with E-state index in [-0.39, 0.29) is 6.42 Å². The predicted molar refractivity (Wildman–Crippen MR) is 55.8 cm³/mol. The number of hydrogen-bond donors (Lipinski definition) is 0. The minimum absolute atomic E-state index is 0.205. The monoisotopic (exact) mass is 275 g/mol. The molecule has 0 aromatic rings. The molecule has 0 radical (unpaired) electrons. The van der Waals surface area contributed by atoms with Crippen molar-refractivity contribution in [2.75, 3.05) is 25.0 Å². The molecule has 0 aliphatic rings. The molecule has 0 saturated carbocycles. The maximum atomic E-state index is 11.8. The van der Waals surface area contributed by atoms with Gasteiger partial charge < -0.3 is 4.90 Å². The van der Waals surface area contributed by atoms with Gasteiger partial charge in [-0.25, -0.2) is 0 Å². The van der Waals surface area contributed by atoms with Crippen LogP contribution in [0.3, 0.4) is 0 Å². The van der Waals surface area contributed by atoms with Crippen LogP contribution in [-0.2, 0) is 0 Å². The lowest BCUT2D eigenvalue weighted by molar-refractivity contribution is -0.136. The number of nitrogens with zero attached hydrogens (tertiary/aromatic N) is 1. The van der Waals surface area contributed by atoms with E-state index in [9.17, 15) is 13.2 Å². The van der Waals surface area contributed by atoms with Crippen LogP contribution in [0.1, 0.15) is 26.2 Å². The molecule has 0 rings (SSSR count). The van der Waals surface area contributed by atoms with Crippen LogP contribution in [0.2, 0.25) is 0 Å². The average Bonchev–Trinajstić information content (AvgIpc) is 2.02. The highest BCUT2D eigenvalue weighted by Gasteiger charge is 2.26. The van der Waals surface area contributed by atoms with Crippen molar-refractivity contribution >= 4 is 15.9 Å². The molecule has 86 valence electrons. The molecular formula is C9H17BrF3N. The molecule has 0 unspecified atom stereocenters. The first kappa shape index (κ1) is 14.2. The molecule has 0 atom stereocenters. The van der Waals surface area contributed by atoms with Crippen LogP contribution >= 0.6 is 15.9 Å². The Bertz CT molecular complexity index is 133. The highest BCUT2D eigenvalue weighted by molar-refractivity contribution is 9.09. The molecule has 0 aliphatic carbocycles. The maximum Gasteiger partial charge on any atom is 0.389 e. The number of halogens is 4. The quantitative estimate of drug-likeness (QED) is 0.644. The number of rotatable bonds is 7. The topological polar surface area (TPSA) is 3.24 Å². The van der Waals surface area contributed by atoms with E-state index >= 15 is 0 Å². The zero-order valence-corrected chi connectivity index (χ0v) is 9.99. The smallest absolute Gasteiger partial charge is 0.303 e. The van der Waals surface area contributed by atoms with Crippen LogP contribution in [-0.4, -0.2) is 36.0 Å². The fourth-order valence-electron chi connectivity index (χ4n) is 1.27. The van der Waals surface area contributed by atoms with E-state index in [1.165, 1.54) is 0 Å². The molecule has 0 aromatic heterocycles. The van der Waals surface area contributed by atoms with Gasteiger partial charge in [-0.1, -0.05) is 22.9 Å². The van der Waals surface area contributed by atoms with Crippen LogP contribution < -0.4 is 0 Å². The average molecular weight is 276 g/mol. The second-order valence-electron chi connectivity index (χ2n) is 3.25. The highest BCUT2D eigenvalue weighted by atomic mass is 79.9. The molecule has 14 heavy (non-hydrogen) atoms. The minimum Gasteiger partial charge on any atom is -0.303 e. The zero-order valence-electron chi connectivity index (χ0n) is 8.41. The lowest BCUT2D eigenvalue weighted by Gasteiger charge is -2.20. The van der Waals surface area contributed by atoms with Gasteiger partial charge >= 0.3 is 6.18 Å². The van der Waals surface area contributed by atoms with Gasteiger partial charge in [0.25, 0.3) is 0 Å². The second-order valence-corrected chi connectivity index (χ2v) is 4.04. The summed E-state index contributed by atoms with van der Waals surface area (Å²) in [7, 11) is 0. The molecule has 0 aromatic carbocycles. The summed E-state index contributed by atoms with van der Waals surface area (Å²) in [6.07, 6.45) is -3.49. The van der Waals surface area contributed by atoms with Crippen LogP contribution in [0.15, 0.2) is 0 Å². The van der Waals surface area contributed by atoms with Crippen molar-refractivity contribution in [1.82, 2.24) is 4.90 Å². The van der Waals surface area contributed by atoms with Crippen molar-refractivity contribution < 1.29 is 13.2 Å². The Morgan fingerprint density at radius 3 is 2.21 bits per heavy atom. The Morgan fingerprint density at radius 2 is 1.79 bits per heavy atom. The van der Waals surface area contributed by atoms with Gasteiger partial charge in [-0.3, -0.25) is 0 Å². The third kappa shape index (κ3) is 8.81. The molecule has 0 N–H and O–H groups in total.